The number of benzene rings is 2. The van der Waals surface area contributed by atoms with E-state index in [9.17, 15) is 17.2 Å². The van der Waals surface area contributed by atoms with Gasteiger partial charge in [0.2, 0.25) is 9.84 Å². The minimum atomic E-state index is -4.67. The molecule has 2 aromatic rings. The van der Waals surface area contributed by atoms with Crippen molar-refractivity contribution in [1.29, 1.82) is 0 Å². The van der Waals surface area contributed by atoms with Crippen molar-refractivity contribution in [3.05, 3.63) is 52.5 Å². The van der Waals surface area contributed by atoms with E-state index in [1.54, 1.807) is 24.3 Å². The van der Waals surface area contributed by atoms with Crippen molar-refractivity contribution in [3.8, 4) is 5.75 Å². The first-order chi connectivity index (χ1) is 10.9. The van der Waals surface area contributed by atoms with Crippen molar-refractivity contribution in [3.63, 3.8) is 0 Å². The summed E-state index contributed by atoms with van der Waals surface area (Å²) in [6, 6.07) is 10.9. The summed E-state index contributed by atoms with van der Waals surface area (Å²) in [5.41, 5.74) is 0.876. The maximum atomic E-state index is 12.8. The van der Waals surface area contributed by atoms with Crippen molar-refractivity contribution in [2.45, 2.75) is 17.2 Å². The molecule has 8 heteroatoms. The normalized spacial score (nSPS) is 11.5. The van der Waals surface area contributed by atoms with Crippen LogP contribution in [0.5, 0.6) is 5.75 Å². The van der Waals surface area contributed by atoms with Crippen LogP contribution in [-0.4, -0.2) is 21.3 Å². The van der Waals surface area contributed by atoms with Gasteiger partial charge in [-0.2, -0.15) is 8.78 Å². The average Bonchev–Trinajstić information content (AvgIpc) is 2.53. The van der Waals surface area contributed by atoms with E-state index < -0.39 is 20.5 Å². The Morgan fingerprint density at radius 3 is 2.57 bits per heavy atom. The first-order valence-corrected chi connectivity index (χ1v) is 8.87. The number of nitrogens with one attached hydrogen (secondary N) is 1. The molecule has 23 heavy (non-hydrogen) atoms. The van der Waals surface area contributed by atoms with Crippen LogP contribution < -0.4 is 10.1 Å². The number of para-hydroxylation sites is 1. The Morgan fingerprint density at radius 1 is 1.22 bits per heavy atom. The zero-order valence-corrected chi connectivity index (χ0v) is 14.5. The predicted octanol–water partition coefficient (Wildman–Crippen LogP) is 4.07. The Labute approximate surface area is 141 Å². The minimum Gasteiger partial charge on any atom is -0.496 e. The SMILES string of the molecule is COc1ccc(Br)cc1CNc1ccccc1S(=O)(=O)C(F)F. The van der Waals surface area contributed by atoms with E-state index in [0.29, 0.717) is 5.75 Å². The molecule has 0 saturated carbocycles. The van der Waals surface area contributed by atoms with Gasteiger partial charge in [0.1, 0.15) is 5.75 Å². The van der Waals surface area contributed by atoms with Crippen molar-refractivity contribution >= 4 is 31.5 Å². The van der Waals surface area contributed by atoms with Crippen LogP contribution in [0.3, 0.4) is 0 Å². The summed E-state index contributed by atoms with van der Waals surface area (Å²) in [6.45, 7) is 0.221. The molecule has 0 unspecified atom stereocenters. The summed E-state index contributed by atoms with van der Waals surface area (Å²) in [5, 5.41) is 2.88. The Bertz CT molecular complexity index is 797. The zero-order valence-electron chi connectivity index (χ0n) is 12.1. The monoisotopic (exact) mass is 405 g/mol. The van der Waals surface area contributed by atoms with Gasteiger partial charge in [0.25, 0.3) is 0 Å². The van der Waals surface area contributed by atoms with Gasteiger partial charge < -0.3 is 10.1 Å². The maximum Gasteiger partial charge on any atom is 0.341 e. The molecule has 0 radical (unpaired) electrons. The summed E-state index contributed by atoms with van der Waals surface area (Å²) in [5.74, 6) is -2.86. The Morgan fingerprint density at radius 2 is 1.91 bits per heavy atom. The molecule has 0 aliphatic rings. The van der Waals surface area contributed by atoms with Gasteiger partial charge in [-0.15, -0.1) is 0 Å². The number of hydrogen-bond donors (Lipinski definition) is 1. The third-order valence-electron chi connectivity index (χ3n) is 3.14. The van der Waals surface area contributed by atoms with Crippen LogP contribution in [-0.2, 0) is 16.4 Å². The largest absolute Gasteiger partial charge is 0.496 e. The second-order valence-corrected chi connectivity index (χ2v) is 7.41. The van der Waals surface area contributed by atoms with Crippen LogP contribution in [0.1, 0.15) is 5.56 Å². The number of alkyl halides is 2. The maximum absolute atomic E-state index is 12.8. The summed E-state index contributed by atoms with van der Waals surface area (Å²) < 4.78 is 55.0. The highest BCUT2D eigenvalue weighted by atomic mass is 79.9. The van der Waals surface area contributed by atoms with Gasteiger partial charge in [-0.1, -0.05) is 28.1 Å². The lowest BCUT2D eigenvalue weighted by molar-refractivity contribution is 0.235. The van der Waals surface area contributed by atoms with Crippen molar-refractivity contribution in [2.24, 2.45) is 0 Å². The quantitative estimate of drug-likeness (QED) is 0.786. The number of rotatable bonds is 6. The Hall–Kier alpha value is -1.67. The van der Waals surface area contributed by atoms with Crippen LogP contribution in [0.2, 0.25) is 0 Å². The molecular formula is C15H14BrF2NO3S. The highest BCUT2D eigenvalue weighted by Gasteiger charge is 2.28. The van der Waals surface area contributed by atoms with E-state index in [0.717, 1.165) is 16.1 Å². The van der Waals surface area contributed by atoms with Gasteiger partial charge in [0.15, 0.2) is 0 Å². The number of halogens is 3. The molecule has 0 aliphatic carbocycles. The Kier molecular flexibility index (Phi) is 5.59. The zero-order chi connectivity index (χ0) is 17.0. The summed E-state index contributed by atoms with van der Waals surface area (Å²) >= 11 is 3.34. The summed E-state index contributed by atoms with van der Waals surface area (Å²) in [6.07, 6.45) is 0. The van der Waals surface area contributed by atoms with Gasteiger partial charge in [-0.3, -0.25) is 0 Å². The average molecular weight is 406 g/mol. The molecule has 2 rings (SSSR count). The van der Waals surface area contributed by atoms with Crippen molar-refractivity contribution in [2.75, 3.05) is 12.4 Å². The summed E-state index contributed by atoms with van der Waals surface area (Å²) in [4.78, 5) is -0.427. The molecule has 0 spiro atoms. The molecule has 0 amide bonds. The predicted molar refractivity (Wildman–Crippen MR) is 87.7 cm³/mol. The van der Waals surface area contributed by atoms with Crippen molar-refractivity contribution in [1.82, 2.24) is 0 Å². The molecule has 0 bridgehead atoms. The number of anilines is 1. The molecule has 1 N–H and O–H groups in total. The topological polar surface area (TPSA) is 55.4 Å². The molecular weight excluding hydrogens is 392 g/mol. The number of methoxy groups -OCH3 is 1. The molecule has 0 saturated heterocycles. The molecule has 0 aromatic heterocycles. The van der Waals surface area contributed by atoms with E-state index in [2.05, 4.69) is 21.2 Å². The number of hydrogen-bond acceptors (Lipinski definition) is 4. The molecule has 0 aliphatic heterocycles. The Balaban J connectivity index is 2.31. The van der Waals surface area contributed by atoms with Crippen LogP contribution >= 0.6 is 15.9 Å². The molecule has 0 heterocycles. The minimum absolute atomic E-state index is 0.120. The fraction of sp³-hybridized carbons (Fsp3) is 0.200. The first kappa shape index (κ1) is 17.7. The highest BCUT2D eigenvalue weighted by Crippen LogP contribution is 2.28. The second kappa shape index (κ2) is 7.27. The van der Waals surface area contributed by atoms with Crippen LogP contribution in [0.15, 0.2) is 51.8 Å². The lowest BCUT2D eigenvalue weighted by atomic mass is 10.2. The van der Waals surface area contributed by atoms with Gasteiger partial charge in [0, 0.05) is 16.6 Å². The van der Waals surface area contributed by atoms with E-state index >= 15 is 0 Å². The smallest absolute Gasteiger partial charge is 0.341 e. The van der Waals surface area contributed by atoms with E-state index in [1.807, 2.05) is 0 Å². The first-order valence-electron chi connectivity index (χ1n) is 6.53. The standard InChI is InChI=1S/C15H14BrF2NO3S/c1-22-13-7-6-11(16)8-10(13)9-19-12-4-2-3-5-14(12)23(20,21)15(17)18/h2-8,15,19H,9H2,1H3. The molecule has 0 atom stereocenters. The fourth-order valence-corrected chi connectivity index (χ4v) is 3.35. The number of sulfone groups is 1. The highest BCUT2D eigenvalue weighted by molar-refractivity contribution is 9.10. The van der Waals surface area contributed by atoms with E-state index in [4.69, 9.17) is 4.74 Å². The second-order valence-electron chi connectivity index (χ2n) is 4.61. The van der Waals surface area contributed by atoms with Gasteiger partial charge in [-0.25, -0.2) is 8.42 Å². The van der Waals surface area contributed by atoms with Gasteiger partial charge in [-0.05, 0) is 30.3 Å². The lowest BCUT2D eigenvalue weighted by Gasteiger charge is -2.14. The molecule has 4 nitrogen and oxygen atoms in total. The van der Waals surface area contributed by atoms with E-state index in [-0.39, 0.29) is 12.2 Å². The third kappa shape index (κ3) is 4.00. The van der Waals surface area contributed by atoms with Crippen LogP contribution in [0.4, 0.5) is 14.5 Å². The summed E-state index contributed by atoms with van der Waals surface area (Å²) in [7, 11) is -3.16. The van der Waals surface area contributed by atoms with Crippen LogP contribution in [0, 0.1) is 0 Å². The third-order valence-corrected chi connectivity index (χ3v) is 5.07. The fourth-order valence-electron chi connectivity index (χ4n) is 2.03. The van der Waals surface area contributed by atoms with Crippen LogP contribution in [0.25, 0.3) is 0 Å². The molecule has 2 aromatic carbocycles. The molecule has 0 fully saturated rings. The number of ether oxygens (including phenoxy) is 1. The van der Waals surface area contributed by atoms with E-state index in [1.165, 1.54) is 19.2 Å². The molecule has 124 valence electrons. The van der Waals surface area contributed by atoms with Gasteiger partial charge >= 0.3 is 5.76 Å². The van der Waals surface area contributed by atoms with Crippen molar-refractivity contribution < 1.29 is 21.9 Å². The van der Waals surface area contributed by atoms with Gasteiger partial charge in [0.05, 0.1) is 17.7 Å². The lowest BCUT2D eigenvalue weighted by Crippen LogP contribution is -2.14.